The van der Waals surface area contributed by atoms with Crippen molar-refractivity contribution in [3.63, 3.8) is 0 Å². The molecule has 0 unspecified atom stereocenters. The lowest BCUT2D eigenvalue weighted by Crippen LogP contribution is -2.15. The number of aromatic nitrogens is 2. The Morgan fingerprint density at radius 1 is 1.19 bits per heavy atom. The quantitative estimate of drug-likeness (QED) is 0.547. The lowest BCUT2D eigenvalue weighted by atomic mass is 10.1. The number of hydrogen-bond donors (Lipinski definition) is 0. The number of aryl methyl sites for hydroxylation is 2. The average molecular weight is 377 g/mol. The van der Waals surface area contributed by atoms with Gasteiger partial charge in [-0.15, -0.1) is 0 Å². The first-order valence-corrected chi connectivity index (χ1v) is 8.57. The molecule has 1 heterocycles. The number of nitrogens with zero attached hydrogens (tertiary/aromatic N) is 2. The Morgan fingerprint density at radius 3 is 2.54 bits per heavy atom. The van der Waals surface area contributed by atoms with E-state index in [4.69, 9.17) is 16.3 Å². The SMILES string of the molecule is CCOC(=O)COC(=O)/C=C/c1c(C)nn(Cc2ccc(C)cc2)c1Cl. The summed E-state index contributed by atoms with van der Waals surface area (Å²) in [6.07, 6.45) is 2.75. The zero-order valence-electron chi connectivity index (χ0n) is 15.0. The van der Waals surface area contributed by atoms with E-state index in [1.54, 1.807) is 18.5 Å². The number of carbonyl (C=O) groups is 2. The van der Waals surface area contributed by atoms with Gasteiger partial charge in [-0.3, -0.25) is 0 Å². The predicted octanol–water partition coefficient (Wildman–Crippen LogP) is 3.32. The molecule has 0 aliphatic heterocycles. The molecule has 0 spiro atoms. The topological polar surface area (TPSA) is 70.4 Å². The third-order valence-corrected chi connectivity index (χ3v) is 3.98. The number of hydrogen-bond acceptors (Lipinski definition) is 5. The van der Waals surface area contributed by atoms with E-state index in [0.717, 1.165) is 5.56 Å². The van der Waals surface area contributed by atoms with Crippen LogP contribution in [0.5, 0.6) is 0 Å². The lowest BCUT2D eigenvalue weighted by Gasteiger charge is -2.04. The maximum atomic E-state index is 11.7. The fourth-order valence-corrected chi connectivity index (χ4v) is 2.56. The van der Waals surface area contributed by atoms with E-state index in [1.165, 1.54) is 17.7 Å². The van der Waals surface area contributed by atoms with Gasteiger partial charge in [0, 0.05) is 11.6 Å². The van der Waals surface area contributed by atoms with E-state index < -0.39 is 18.5 Å². The summed E-state index contributed by atoms with van der Waals surface area (Å²) in [6.45, 7) is 5.86. The highest BCUT2D eigenvalue weighted by Crippen LogP contribution is 2.22. The number of carbonyl (C=O) groups excluding carboxylic acids is 2. The van der Waals surface area contributed by atoms with Crippen LogP contribution in [0.25, 0.3) is 6.08 Å². The van der Waals surface area contributed by atoms with E-state index in [9.17, 15) is 9.59 Å². The smallest absolute Gasteiger partial charge is 0.344 e. The Kier molecular flexibility index (Phi) is 6.97. The molecule has 0 saturated heterocycles. The first-order valence-electron chi connectivity index (χ1n) is 8.19. The summed E-state index contributed by atoms with van der Waals surface area (Å²) < 4.78 is 11.2. The van der Waals surface area contributed by atoms with Crippen LogP contribution >= 0.6 is 11.6 Å². The van der Waals surface area contributed by atoms with E-state index >= 15 is 0 Å². The van der Waals surface area contributed by atoms with E-state index in [2.05, 4.69) is 9.84 Å². The molecule has 0 N–H and O–H groups in total. The van der Waals surface area contributed by atoms with Gasteiger partial charge < -0.3 is 9.47 Å². The lowest BCUT2D eigenvalue weighted by molar-refractivity contribution is -0.155. The number of ether oxygens (including phenoxy) is 2. The van der Waals surface area contributed by atoms with Crippen molar-refractivity contribution in [1.29, 1.82) is 0 Å². The molecule has 6 nitrogen and oxygen atoms in total. The zero-order chi connectivity index (χ0) is 19.1. The van der Waals surface area contributed by atoms with Crippen LogP contribution in [0.3, 0.4) is 0 Å². The summed E-state index contributed by atoms with van der Waals surface area (Å²) in [4.78, 5) is 22.9. The van der Waals surface area contributed by atoms with Gasteiger partial charge in [0.2, 0.25) is 0 Å². The number of halogens is 1. The maximum absolute atomic E-state index is 11.7. The van der Waals surface area contributed by atoms with Gasteiger partial charge in [0.05, 0.1) is 18.8 Å². The molecule has 138 valence electrons. The van der Waals surface area contributed by atoms with Crippen molar-refractivity contribution >= 4 is 29.6 Å². The summed E-state index contributed by atoms with van der Waals surface area (Å²) in [6, 6.07) is 8.09. The molecule has 7 heteroatoms. The Balaban J connectivity index is 2.03. The van der Waals surface area contributed by atoms with Crippen molar-refractivity contribution in [2.45, 2.75) is 27.3 Å². The minimum atomic E-state index is -0.653. The van der Waals surface area contributed by atoms with Crippen molar-refractivity contribution in [2.75, 3.05) is 13.2 Å². The molecule has 2 aromatic rings. The number of benzene rings is 1. The van der Waals surface area contributed by atoms with Crippen LogP contribution < -0.4 is 0 Å². The predicted molar refractivity (Wildman–Crippen MR) is 98.9 cm³/mol. The second kappa shape index (κ2) is 9.20. The van der Waals surface area contributed by atoms with Crippen LogP contribution in [-0.4, -0.2) is 34.9 Å². The monoisotopic (exact) mass is 376 g/mol. The first kappa shape index (κ1) is 19.7. The molecule has 0 saturated carbocycles. The van der Waals surface area contributed by atoms with Gasteiger partial charge in [0.15, 0.2) is 6.61 Å². The Morgan fingerprint density at radius 2 is 1.88 bits per heavy atom. The standard InChI is InChI=1S/C19H21ClN2O4/c1-4-25-18(24)12-26-17(23)10-9-16-14(3)21-22(19(16)20)11-15-7-5-13(2)6-8-15/h5-10H,4,11-12H2,1-3H3/b10-9+. The summed E-state index contributed by atoms with van der Waals surface area (Å²) in [5.41, 5.74) is 3.58. The third-order valence-electron chi connectivity index (χ3n) is 3.59. The molecule has 26 heavy (non-hydrogen) atoms. The molecule has 2 rings (SSSR count). The number of esters is 2. The highest BCUT2D eigenvalue weighted by atomic mass is 35.5. The van der Waals surface area contributed by atoms with E-state index in [0.29, 0.717) is 23.0 Å². The second-order valence-electron chi connectivity index (χ2n) is 5.68. The van der Waals surface area contributed by atoms with Crippen molar-refractivity contribution in [2.24, 2.45) is 0 Å². The largest absolute Gasteiger partial charge is 0.463 e. The molecule has 0 amide bonds. The summed E-state index contributed by atoms with van der Waals surface area (Å²) in [7, 11) is 0. The highest BCUT2D eigenvalue weighted by molar-refractivity contribution is 6.31. The molecule has 1 aromatic heterocycles. The van der Waals surface area contributed by atoms with E-state index in [-0.39, 0.29) is 6.61 Å². The molecule has 0 aliphatic carbocycles. The molecule has 0 bridgehead atoms. The Hall–Kier alpha value is -2.60. The first-order chi connectivity index (χ1) is 12.4. The van der Waals surface area contributed by atoms with Crippen molar-refractivity contribution < 1.29 is 19.1 Å². The molecular weight excluding hydrogens is 356 g/mol. The van der Waals surface area contributed by atoms with Gasteiger partial charge >= 0.3 is 11.9 Å². The van der Waals surface area contributed by atoms with Crippen LogP contribution in [0.4, 0.5) is 0 Å². The van der Waals surface area contributed by atoms with Gasteiger partial charge in [-0.05, 0) is 32.4 Å². The van der Waals surface area contributed by atoms with Crippen molar-refractivity contribution in [3.8, 4) is 0 Å². The minimum absolute atomic E-state index is 0.237. The zero-order valence-corrected chi connectivity index (χ0v) is 15.7. The Bertz CT molecular complexity index is 810. The van der Waals surface area contributed by atoms with Crippen LogP contribution in [0.15, 0.2) is 30.3 Å². The summed E-state index contributed by atoms with van der Waals surface area (Å²) in [5.74, 6) is -1.24. The molecule has 0 atom stereocenters. The minimum Gasteiger partial charge on any atom is -0.463 e. The summed E-state index contributed by atoms with van der Waals surface area (Å²) in [5, 5.41) is 4.84. The molecule has 0 aliphatic rings. The fourth-order valence-electron chi connectivity index (χ4n) is 2.26. The van der Waals surface area contributed by atoms with Crippen molar-refractivity contribution in [3.05, 3.63) is 57.9 Å². The highest BCUT2D eigenvalue weighted by Gasteiger charge is 2.12. The number of rotatable bonds is 7. The second-order valence-corrected chi connectivity index (χ2v) is 6.04. The van der Waals surface area contributed by atoms with Crippen LogP contribution in [0.2, 0.25) is 5.15 Å². The van der Waals surface area contributed by atoms with Crippen molar-refractivity contribution in [1.82, 2.24) is 9.78 Å². The Labute approximate surface area is 157 Å². The average Bonchev–Trinajstić information content (AvgIpc) is 2.87. The molecule has 0 radical (unpaired) electrons. The van der Waals surface area contributed by atoms with Gasteiger partial charge in [-0.25, -0.2) is 14.3 Å². The van der Waals surface area contributed by atoms with Crippen LogP contribution in [0.1, 0.15) is 29.3 Å². The molecule has 0 fully saturated rings. The van der Waals surface area contributed by atoms with Gasteiger partial charge in [0.1, 0.15) is 5.15 Å². The van der Waals surface area contributed by atoms with Crippen LogP contribution in [-0.2, 0) is 25.6 Å². The van der Waals surface area contributed by atoms with Gasteiger partial charge in [0.25, 0.3) is 0 Å². The van der Waals surface area contributed by atoms with E-state index in [1.807, 2.05) is 31.2 Å². The van der Waals surface area contributed by atoms with Crippen LogP contribution in [0, 0.1) is 13.8 Å². The fraction of sp³-hybridized carbons (Fsp3) is 0.316. The third kappa shape index (κ3) is 5.46. The molecular formula is C19H21ClN2O4. The van der Waals surface area contributed by atoms with Gasteiger partial charge in [-0.1, -0.05) is 41.4 Å². The molecule has 1 aromatic carbocycles. The normalized spacial score (nSPS) is 10.9. The maximum Gasteiger partial charge on any atom is 0.344 e. The summed E-state index contributed by atoms with van der Waals surface area (Å²) >= 11 is 6.39. The van der Waals surface area contributed by atoms with Gasteiger partial charge in [-0.2, -0.15) is 5.10 Å².